The molecule has 1 fully saturated rings. The molecule has 2 unspecified atom stereocenters. The summed E-state index contributed by atoms with van der Waals surface area (Å²) in [4.78, 5) is 0. The predicted octanol–water partition coefficient (Wildman–Crippen LogP) is 2.57. The number of hydrogen-bond acceptors (Lipinski definition) is 1. The van der Waals surface area contributed by atoms with Gasteiger partial charge in [0.25, 0.3) is 0 Å². The Hall–Kier alpha value is -0.480. The first kappa shape index (κ1) is 10.6. The third-order valence-electron chi connectivity index (χ3n) is 2.99. The minimum Gasteiger partial charge on any atom is -0.303 e. The van der Waals surface area contributed by atoms with Gasteiger partial charge in [-0.25, -0.2) is 0 Å². The summed E-state index contributed by atoms with van der Waals surface area (Å²) in [6, 6.07) is 0.711. The first-order chi connectivity index (χ1) is 6.34. The lowest BCUT2D eigenvalue weighted by Crippen LogP contribution is -2.34. The van der Waals surface area contributed by atoms with E-state index in [9.17, 15) is 0 Å². The fourth-order valence-electron chi connectivity index (χ4n) is 2.07. The Labute approximate surface area is 82.3 Å². The average molecular weight is 179 g/mol. The van der Waals surface area contributed by atoms with Crippen molar-refractivity contribution in [3.63, 3.8) is 0 Å². The van der Waals surface area contributed by atoms with Gasteiger partial charge in [-0.2, -0.15) is 0 Å². The summed E-state index contributed by atoms with van der Waals surface area (Å²) in [7, 11) is 0. The van der Waals surface area contributed by atoms with Crippen molar-refractivity contribution in [1.82, 2.24) is 5.32 Å². The molecule has 0 radical (unpaired) electrons. The first-order valence-electron chi connectivity index (χ1n) is 5.47. The molecule has 1 saturated carbocycles. The summed E-state index contributed by atoms with van der Waals surface area (Å²) in [5.74, 6) is 6.84. The second-order valence-electron chi connectivity index (χ2n) is 4.03. The molecule has 1 nitrogen and oxygen atoms in total. The summed E-state index contributed by atoms with van der Waals surface area (Å²) >= 11 is 0. The van der Waals surface area contributed by atoms with Gasteiger partial charge in [0.15, 0.2) is 0 Å². The summed E-state index contributed by atoms with van der Waals surface area (Å²) in [5.41, 5.74) is 0. The van der Waals surface area contributed by atoms with Crippen LogP contribution in [0.1, 0.15) is 46.0 Å². The molecule has 1 rings (SSSR count). The van der Waals surface area contributed by atoms with Gasteiger partial charge in [-0.1, -0.05) is 32.1 Å². The molecule has 0 aromatic carbocycles. The number of nitrogens with one attached hydrogen (secondary N) is 1. The van der Waals surface area contributed by atoms with Gasteiger partial charge in [0.1, 0.15) is 0 Å². The van der Waals surface area contributed by atoms with E-state index in [0.717, 1.165) is 12.5 Å². The van der Waals surface area contributed by atoms with Crippen molar-refractivity contribution in [3.8, 4) is 11.8 Å². The van der Waals surface area contributed by atoms with E-state index >= 15 is 0 Å². The van der Waals surface area contributed by atoms with Gasteiger partial charge in [0.05, 0.1) is 6.54 Å². The molecule has 2 atom stereocenters. The third kappa shape index (κ3) is 3.83. The van der Waals surface area contributed by atoms with Crippen molar-refractivity contribution in [2.75, 3.05) is 6.54 Å². The molecular formula is C12H21N. The van der Waals surface area contributed by atoms with Crippen molar-refractivity contribution < 1.29 is 0 Å². The van der Waals surface area contributed by atoms with Gasteiger partial charge >= 0.3 is 0 Å². The number of hydrogen-bond donors (Lipinski definition) is 1. The van der Waals surface area contributed by atoms with Crippen molar-refractivity contribution in [2.24, 2.45) is 5.92 Å². The van der Waals surface area contributed by atoms with Crippen molar-refractivity contribution in [2.45, 2.75) is 52.0 Å². The highest BCUT2D eigenvalue weighted by molar-refractivity contribution is 4.98. The third-order valence-corrected chi connectivity index (χ3v) is 2.99. The van der Waals surface area contributed by atoms with E-state index in [1.165, 1.54) is 32.1 Å². The van der Waals surface area contributed by atoms with Crippen LogP contribution in [0.5, 0.6) is 0 Å². The van der Waals surface area contributed by atoms with Crippen LogP contribution in [0.4, 0.5) is 0 Å². The molecule has 74 valence electrons. The smallest absolute Gasteiger partial charge is 0.0578 e. The Kier molecular flexibility index (Phi) is 4.93. The van der Waals surface area contributed by atoms with Crippen LogP contribution in [-0.2, 0) is 0 Å². The molecule has 1 heteroatoms. The van der Waals surface area contributed by atoms with Crippen LogP contribution in [0.25, 0.3) is 0 Å². The molecule has 0 bridgehead atoms. The van der Waals surface area contributed by atoms with Crippen LogP contribution in [0.15, 0.2) is 0 Å². The molecule has 1 N–H and O–H groups in total. The summed E-state index contributed by atoms with van der Waals surface area (Å²) in [5, 5.41) is 3.54. The van der Waals surface area contributed by atoms with E-state index < -0.39 is 0 Å². The maximum Gasteiger partial charge on any atom is 0.0578 e. The first-order valence-corrected chi connectivity index (χ1v) is 5.47. The zero-order valence-corrected chi connectivity index (χ0v) is 8.90. The molecule has 0 heterocycles. The minimum atomic E-state index is 0.711. The molecule has 0 aromatic rings. The summed E-state index contributed by atoms with van der Waals surface area (Å²) in [6.45, 7) is 5.13. The SMILES string of the molecule is CC#CCNC1CCCCCC1C. The van der Waals surface area contributed by atoms with Gasteiger partial charge in [-0.15, -0.1) is 5.92 Å². The van der Waals surface area contributed by atoms with E-state index in [-0.39, 0.29) is 0 Å². The Morgan fingerprint density at radius 2 is 2.00 bits per heavy atom. The zero-order chi connectivity index (χ0) is 9.52. The van der Waals surface area contributed by atoms with Gasteiger partial charge in [-0.3, -0.25) is 0 Å². The summed E-state index contributed by atoms with van der Waals surface area (Å²) < 4.78 is 0. The monoisotopic (exact) mass is 179 g/mol. The van der Waals surface area contributed by atoms with E-state index in [2.05, 4.69) is 24.1 Å². The highest BCUT2D eigenvalue weighted by Gasteiger charge is 2.18. The maximum absolute atomic E-state index is 3.54. The lowest BCUT2D eigenvalue weighted by molar-refractivity contribution is 0.371. The molecule has 0 amide bonds. The zero-order valence-electron chi connectivity index (χ0n) is 8.90. The van der Waals surface area contributed by atoms with Crippen LogP contribution in [0, 0.1) is 17.8 Å². The van der Waals surface area contributed by atoms with E-state index in [0.29, 0.717) is 6.04 Å². The van der Waals surface area contributed by atoms with E-state index in [1.54, 1.807) is 0 Å². The van der Waals surface area contributed by atoms with Gasteiger partial charge in [0, 0.05) is 6.04 Å². The second-order valence-corrected chi connectivity index (χ2v) is 4.03. The molecule has 13 heavy (non-hydrogen) atoms. The Balaban J connectivity index is 2.30. The Morgan fingerprint density at radius 3 is 2.77 bits per heavy atom. The largest absolute Gasteiger partial charge is 0.303 e. The highest BCUT2D eigenvalue weighted by Crippen LogP contribution is 2.22. The molecular weight excluding hydrogens is 158 g/mol. The molecule has 0 saturated heterocycles. The van der Waals surface area contributed by atoms with Crippen LogP contribution in [0.3, 0.4) is 0 Å². The van der Waals surface area contributed by atoms with E-state index in [4.69, 9.17) is 0 Å². The van der Waals surface area contributed by atoms with Crippen LogP contribution < -0.4 is 5.32 Å². The molecule has 1 aliphatic rings. The van der Waals surface area contributed by atoms with Gasteiger partial charge in [0.2, 0.25) is 0 Å². The Bertz CT molecular complexity index is 187. The van der Waals surface area contributed by atoms with Crippen molar-refractivity contribution >= 4 is 0 Å². The second kappa shape index (κ2) is 6.05. The molecule has 0 spiro atoms. The van der Waals surface area contributed by atoms with Crippen molar-refractivity contribution in [1.29, 1.82) is 0 Å². The highest BCUT2D eigenvalue weighted by atomic mass is 14.9. The van der Waals surface area contributed by atoms with Crippen LogP contribution >= 0.6 is 0 Å². The molecule has 0 aliphatic heterocycles. The lowest BCUT2D eigenvalue weighted by Gasteiger charge is -2.21. The van der Waals surface area contributed by atoms with Crippen molar-refractivity contribution in [3.05, 3.63) is 0 Å². The minimum absolute atomic E-state index is 0.711. The van der Waals surface area contributed by atoms with Gasteiger partial charge in [-0.05, 0) is 25.7 Å². The normalized spacial score (nSPS) is 28.8. The molecule has 1 aliphatic carbocycles. The Morgan fingerprint density at radius 1 is 1.23 bits per heavy atom. The predicted molar refractivity (Wildman–Crippen MR) is 57.5 cm³/mol. The summed E-state index contributed by atoms with van der Waals surface area (Å²) in [6.07, 6.45) is 6.95. The fraction of sp³-hybridized carbons (Fsp3) is 0.833. The van der Waals surface area contributed by atoms with Crippen LogP contribution in [-0.4, -0.2) is 12.6 Å². The topological polar surface area (TPSA) is 12.0 Å². The lowest BCUT2D eigenvalue weighted by atomic mass is 9.97. The average Bonchev–Trinajstić information content (AvgIpc) is 2.32. The molecule has 0 aromatic heterocycles. The fourth-order valence-corrected chi connectivity index (χ4v) is 2.07. The quantitative estimate of drug-likeness (QED) is 0.507. The van der Waals surface area contributed by atoms with Gasteiger partial charge < -0.3 is 5.32 Å². The number of rotatable bonds is 2. The standard InChI is InChI=1S/C12H21N/c1-3-4-10-13-12-9-7-5-6-8-11(12)2/h11-13H,5-10H2,1-2H3. The van der Waals surface area contributed by atoms with Crippen LogP contribution in [0.2, 0.25) is 0 Å². The maximum atomic E-state index is 3.54. The van der Waals surface area contributed by atoms with E-state index in [1.807, 2.05) is 6.92 Å².